The molecule has 2 aromatic rings. The lowest BCUT2D eigenvalue weighted by molar-refractivity contribution is -0.141. The van der Waals surface area contributed by atoms with Gasteiger partial charge in [-0.3, -0.25) is 9.59 Å². The van der Waals surface area contributed by atoms with Gasteiger partial charge in [-0.05, 0) is 25.0 Å². The molecule has 0 bridgehead atoms. The van der Waals surface area contributed by atoms with E-state index >= 15 is 0 Å². The molecule has 2 heterocycles. The van der Waals surface area contributed by atoms with E-state index in [1.54, 1.807) is 0 Å². The number of rotatable bonds is 4. The van der Waals surface area contributed by atoms with Crippen molar-refractivity contribution in [1.82, 2.24) is 10.3 Å². The molecule has 1 aromatic carbocycles. The smallest absolute Gasteiger partial charge is 0.325 e. The maximum atomic E-state index is 12.0. The van der Waals surface area contributed by atoms with E-state index < -0.39 is 5.97 Å². The summed E-state index contributed by atoms with van der Waals surface area (Å²) in [5.41, 5.74) is 1.60. The Kier molecular flexibility index (Phi) is 4.45. The first kappa shape index (κ1) is 15.3. The van der Waals surface area contributed by atoms with E-state index in [1.165, 1.54) is 7.11 Å². The molecule has 122 valence electrons. The highest BCUT2D eigenvalue weighted by Crippen LogP contribution is 2.26. The van der Waals surface area contributed by atoms with E-state index in [0.29, 0.717) is 31.9 Å². The minimum atomic E-state index is -0.442. The van der Waals surface area contributed by atoms with Crippen molar-refractivity contribution in [3.63, 3.8) is 0 Å². The van der Waals surface area contributed by atoms with Gasteiger partial charge in [-0.25, -0.2) is 0 Å². The highest BCUT2D eigenvalue weighted by atomic mass is 16.5. The Morgan fingerprint density at radius 2 is 2.09 bits per heavy atom. The Hall–Kier alpha value is -2.57. The summed E-state index contributed by atoms with van der Waals surface area (Å²) in [6.45, 7) is 1.31. The zero-order valence-corrected chi connectivity index (χ0v) is 12.9. The molecule has 1 N–H and O–H groups in total. The number of nitrogens with zero attached hydrogens (tertiary/aromatic N) is 2. The number of methoxy groups -OCH3 is 1. The minimum Gasteiger partial charge on any atom is -0.468 e. The van der Waals surface area contributed by atoms with Crippen LogP contribution in [0.25, 0.3) is 11.1 Å². The number of hydrogen-bond acceptors (Lipinski definition) is 6. The fourth-order valence-electron chi connectivity index (χ4n) is 2.70. The monoisotopic (exact) mass is 317 g/mol. The van der Waals surface area contributed by atoms with Crippen molar-refractivity contribution in [2.75, 3.05) is 31.6 Å². The number of amides is 1. The highest BCUT2D eigenvalue weighted by molar-refractivity contribution is 5.83. The van der Waals surface area contributed by atoms with Gasteiger partial charge in [0.05, 0.1) is 7.11 Å². The van der Waals surface area contributed by atoms with Crippen molar-refractivity contribution in [2.24, 2.45) is 5.92 Å². The van der Waals surface area contributed by atoms with Gasteiger partial charge in [-0.15, -0.1) is 0 Å². The van der Waals surface area contributed by atoms with Crippen LogP contribution >= 0.6 is 0 Å². The Bertz CT molecular complexity index is 671. The maximum absolute atomic E-state index is 12.0. The number of nitrogens with one attached hydrogen (secondary N) is 1. The van der Waals surface area contributed by atoms with Gasteiger partial charge in [-0.2, -0.15) is 4.98 Å². The summed E-state index contributed by atoms with van der Waals surface area (Å²) in [5.74, 6) is -0.643. The van der Waals surface area contributed by atoms with E-state index in [2.05, 4.69) is 15.0 Å². The molecule has 0 unspecified atom stereocenters. The van der Waals surface area contributed by atoms with Crippen LogP contribution in [0, 0.1) is 5.92 Å². The number of esters is 1. The first-order valence-electron chi connectivity index (χ1n) is 7.62. The van der Waals surface area contributed by atoms with Crippen LogP contribution < -0.4 is 10.2 Å². The average molecular weight is 317 g/mol. The van der Waals surface area contributed by atoms with Crippen molar-refractivity contribution >= 4 is 29.0 Å². The summed E-state index contributed by atoms with van der Waals surface area (Å²) in [7, 11) is 1.30. The summed E-state index contributed by atoms with van der Waals surface area (Å²) in [6.07, 6.45) is 1.40. The molecule has 1 aliphatic heterocycles. The Balaban J connectivity index is 1.55. The summed E-state index contributed by atoms with van der Waals surface area (Å²) in [5, 5.41) is 2.61. The lowest BCUT2D eigenvalue weighted by Gasteiger charge is -2.29. The summed E-state index contributed by atoms with van der Waals surface area (Å²) in [4.78, 5) is 29.6. The number of piperidine rings is 1. The van der Waals surface area contributed by atoms with Crippen molar-refractivity contribution in [3.05, 3.63) is 24.3 Å². The molecule has 3 rings (SSSR count). The van der Waals surface area contributed by atoms with Gasteiger partial charge < -0.3 is 19.4 Å². The molecule has 0 radical (unpaired) electrons. The number of oxazole rings is 1. The molecule has 1 saturated heterocycles. The summed E-state index contributed by atoms with van der Waals surface area (Å²) in [6, 6.07) is 8.23. The molecular weight excluding hydrogens is 298 g/mol. The van der Waals surface area contributed by atoms with Gasteiger partial charge in [0, 0.05) is 19.0 Å². The number of ether oxygens (including phenoxy) is 1. The third kappa shape index (κ3) is 3.44. The predicted molar refractivity (Wildman–Crippen MR) is 84.0 cm³/mol. The number of carbonyl (C=O) groups is 2. The molecule has 0 atom stereocenters. The molecule has 1 aromatic heterocycles. The predicted octanol–water partition coefficient (Wildman–Crippen LogP) is 1.33. The second-order valence-electron chi connectivity index (χ2n) is 5.52. The fourth-order valence-corrected chi connectivity index (χ4v) is 2.70. The molecule has 1 amide bonds. The van der Waals surface area contributed by atoms with Gasteiger partial charge in [0.2, 0.25) is 5.91 Å². The molecular formula is C16H19N3O4. The van der Waals surface area contributed by atoms with Crippen LogP contribution in [0.5, 0.6) is 0 Å². The van der Waals surface area contributed by atoms with E-state index in [-0.39, 0.29) is 18.4 Å². The lowest BCUT2D eigenvalue weighted by atomic mass is 9.96. The number of fused-ring (bicyclic) bond motifs is 1. The van der Waals surface area contributed by atoms with E-state index in [1.807, 2.05) is 29.2 Å². The molecule has 0 spiro atoms. The van der Waals surface area contributed by atoms with Crippen molar-refractivity contribution < 1.29 is 18.7 Å². The number of benzene rings is 1. The normalized spacial score (nSPS) is 15.6. The zero-order valence-electron chi connectivity index (χ0n) is 12.9. The second-order valence-corrected chi connectivity index (χ2v) is 5.52. The number of aromatic nitrogens is 1. The van der Waals surface area contributed by atoms with Crippen molar-refractivity contribution in [1.29, 1.82) is 0 Å². The van der Waals surface area contributed by atoms with Crippen molar-refractivity contribution in [2.45, 2.75) is 12.8 Å². The average Bonchev–Trinajstić information content (AvgIpc) is 3.03. The summed E-state index contributed by atoms with van der Waals surface area (Å²) < 4.78 is 10.3. The van der Waals surface area contributed by atoms with Crippen LogP contribution in [0.15, 0.2) is 28.7 Å². The molecule has 7 heteroatoms. The third-order valence-corrected chi connectivity index (χ3v) is 4.05. The summed E-state index contributed by atoms with van der Waals surface area (Å²) >= 11 is 0. The van der Waals surface area contributed by atoms with E-state index in [9.17, 15) is 9.59 Å². The Labute approximate surface area is 133 Å². The van der Waals surface area contributed by atoms with Crippen LogP contribution in [0.2, 0.25) is 0 Å². The van der Waals surface area contributed by atoms with E-state index in [4.69, 9.17) is 4.42 Å². The zero-order chi connectivity index (χ0) is 16.2. The lowest BCUT2D eigenvalue weighted by Crippen LogP contribution is -2.42. The molecule has 7 nitrogen and oxygen atoms in total. The highest BCUT2D eigenvalue weighted by Gasteiger charge is 2.27. The molecule has 23 heavy (non-hydrogen) atoms. The van der Waals surface area contributed by atoms with Crippen LogP contribution in [0.3, 0.4) is 0 Å². The third-order valence-electron chi connectivity index (χ3n) is 4.05. The number of hydrogen-bond donors (Lipinski definition) is 1. The van der Waals surface area contributed by atoms with Gasteiger partial charge in [0.15, 0.2) is 5.58 Å². The minimum absolute atomic E-state index is 0.0827. The topological polar surface area (TPSA) is 84.7 Å². The second kappa shape index (κ2) is 6.68. The number of anilines is 1. The Morgan fingerprint density at radius 3 is 2.78 bits per heavy atom. The largest absolute Gasteiger partial charge is 0.468 e. The maximum Gasteiger partial charge on any atom is 0.325 e. The number of carbonyl (C=O) groups excluding carboxylic acids is 2. The Morgan fingerprint density at radius 1 is 1.35 bits per heavy atom. The van der Waals surface area contributed by atoms with Crippen LogP contribution in [0.4, 0.5) is 6.01 Å². The number of para-hydroxylation sites is 2. The SMILES string of the molecule is COC(=O)CNC(=O)C1CCN(c2nc3ccccc3o2)CC1. The van der Waals surface area contributed by atoms with Crippen LogP contribution in [-0.4, -0.2) is 43.6 Å². The standard InChI is InChI=1S/C16H19N3O4/c1-22-14(20)10-17-15(21)11-6-8-19(9-7-11)16-18-12-4-2-3-5-13(12)23-16/h2-5,11H,6-10H2,1H3,(H,17,21). The molecule has 1 aliphatic rings. The molecule has 1 fully saturated rings. The van der Waals surface area contributed by atoms with Gasteiger partial charge in [-0.1, -0.05) is 12.1 Å². The van der Waals surface area contributed by atoms with Gasteiger partial charge >= 0.3 is 5.97 Å². The fraction of sp³-hybridized carbons (Fsp3) is 0.438. The van der Waals surface area contributed by atoms with Crippen LogP contribution in [-0.2, 0) is 14.3 Å². The van der Waals surface area contributed by atoms with E-state index in [0.717, 1.165) is 11.1 Å². The first-order chi connectivity index (χ1) is 11.2. The van der Waals surface area contributed by atoms with Crippen molar-refractivity contribution in [3.8, 4) is 0 Å². The van der Waals surface area contributed by atoms with Gasteiger partial charge in [0.25, 0.3) is 6.01 Å². The molecule has 0 saturated carbocycles. The first-order valence-corrected chi connectivity index (χ1v) is 7.62. The van der Waals surface area contributed by atoms with Crippen LogP contribution in [0.1, 0.15) is 12.8 Å². The molecule has 0 aliphatic carbocycles. The quantitative estimate of drug-likeness (QED) is 0.857. The van der Waals surface area contributed by atoms with Gasteiger partial charge in [0.1, 0.15) is 12.1 Å².